The van der Waals surface area contributed by atoms with E-state index in [1.54, 1.807) is 36.4 Å². The number of amides is 2. The quantitative estimate of drug-likeness (QED) is 0.465. The van der Waals surface area contributed by atoms with Crippen LogP contribution in [0.2, 0.25) is 5.02 Å². The molecule has 0 fully saturated rings. The fraction of sp³-hybridized carbons (Fsp3) is 0.211. The standard InChI is InChI=1S/C19H16ClNO4/c1-12-8-9-15(20)16(11-12)25-17(22)7-4-10-21-18(23)13-5-2-3-6-14(13)19(21)24/h2-3,5-6,8-9,11H,4,7,10H2,1H3. The van der Waals surface area contributed by atoms with E-state index in [0.29, 0.717) is 28.3 Å². The van der Waals surface area contributed by atoms with Gasteiger partial charge in [0.05, 0.1) is 16.1 Å². The maximum Gasteiger partial charge on any atom is 0.311 e. The van der Waals surface area contributed by atoms with E-state index in [4.69, 9.17) is 16.3 Å². The van der Waals surface area contributed by atoms with Crippen LogP contribution in [0.15, 0.2) is 42.5 Å². The summed E-state index contributed by atoms with van der Waals surface area (Å²) in [5, 5.41) is 0.360. The Bertz CT molecular complexity index is 827. The minimum Gasteiger partial charge on any atom is -0.425 e. The van der Waals surface area contributed by atoms with Crippen LogP contribution in [-0.4, -0.2) is 29.2 Å². The number of hydrogen-bond acceptors (Lipinski definition) is 4. The lowest BCUT2D eigenvalue weighted by atomic mass is 10.1. The van der Waals surface area contributed by atoms with Crippen molar-refractivity contribution < 1.29 is 19.1 Å². The van der Waals surface area contributed by atoms with Crippen molar-refractivity contribution in [1.82, 2.24) is 4.90 Å². The van der Waals surface area contributed by atoms with Crippen molar-refractivity contribution in [1.29, 1.82) is 0 Å². The van der Waals surface area contributed by atoms with Crippen molar-refractivity contribution in [2.45, 2.75) is 19.8 Å². The third-order valence-corrected chi connectivity index (χ3v) is 4.26. The van der Waals surface area contributed by atoms with Gasteiger partial charge in [0, 0.05) is 13.0 Å². The second-order valence-corrected chi connectivity index (χ2v) is 6.23. The molecule has 0 unspecified atom stereocenters. The Morgan fingerprint density at radius 3 is 2.36 bits per heavy atom. The molecule has 2 amide bonds. The highest BCUT2D eigenvalue weighted by Crippen LogP contribution is 2.26. The molecule has 0 radical (unpaired) electrons. The molecule has 0 saturated heterocycles. The lowest BCUT2D eigenvalue weighted by Gasteiger charge is -2.13. The number of esters is 1. The molecule has 3 rings (SSSR count). The number of carbonyl (C=O) groups is 3. The molecule has 25 heavy (non-hydrogen) atoms. The van der Waals surface area contributed by atoms with Gasteiger partial charge in [0.2, 0.25) is 0 Å². The van der Waals surface area contributed by atoms with Crippen molar-refractivity contribution in [3.63, 3.8) is 0 Å². The molecule has 0 bridgehead atoms. The van der Waals surface area contributed by atoms with Crippen LogP contribution in [0.25, 0.3) is 0 Å². The van der Waals surface area contributed by atoms with Gasteiger partial charge in [-0.3, -0.25) is 19.3 Å². The molecule has 0 atom stereocenters. The molecule has 1 aliphatic rings. The van der Waals surface area contributed by atoms with Crippen LogP contribution in [0.3, 0.4) is 0 Å². The number of carbonyl (C=O) groups excluding carboxylic acids is 3. The van der Waals surface area contributed by atoms with Crippen LogP contribution >= 0.6 is 11.6 Å². The van der Waals surface area contributed by atoms with E-state index in [2.05, 4.69) is 0 Å². The molecule has 6 heteroatoms. The Labute approximate surface area is 150 Å². The zero-order valence-corrected chi connectivity index (χ0v) is 14.4. The molecule has 128 valence electrons. The first kappa shape index (κ1) is 17.2. The number of ether oxygens (including phenoxy) is 1. The summed E-state index contributed by atoms with van der Waals surface area (Å²) in [5.41, 5.74) is 1.74. The lowest BCUT2D eigenvalue weighted by molar-refractivity contribution is -0.134. The summed E-state index contributed by atoms with van der Waals surface area (Å²) < 4.78 is 5.25. The highest BCUT2D eigenvalue weighted by molar-refractivity contribution is 6.32. The highest BCUT2D eigenvalue weighted by Gasteiger charge is 2.34. The van der Waals surface area contributed by atoms with E-state index < -0.39 is 5.97 Å². The molecule has 5 nitrogen and oxygen atoms in total. The number of hydrogen-bond donors (Lipinski definition) is 0. The zero-order valence-electron chi connectivity index (χ0n) is 13.6. The van der Waals surface area contributed by atoms with Gasteiger partial charge in [0.1, 0.15) is 5.75 Å². The number of benzene rings is 2. The minimum absolute atomic E-state index is 0.0810. The second kappa shape index (κ2) is 7.07. The van der Waals surface area contributed by atoms with Crippen LogP contribution in [0.5, 0.6) is 5.75 Å². The number of halogens is 1. The first-order chi connectivity index (χ1) is 12.0. The highest BCUT2D eigenvalue weighted by atomic mass is 35.5. The first-order valence-electron chi connectivity index (χ1n) is 7.89. The Morgan fingerprint density at radius 1 is 1.08 bits per heavy atom. The van der Waals surface area contributed by atoms with Crippen molar-refractivity contribution in [2.75, 3.05) is 6.54 Å². The Balaban J connectivity index is 1.55. The van der Waals surface area contributed by atoms with E-state index in [9.17, 15) is 14.4 Å². The average molecular weight is 358 g/mol. The van der Waals surface area contributed by atoms with E-state index in [1.165, 1.54) is 0 Å². The van der Waals surface area contributed by atoms with E-state index in [-0.39, 0.29) is 24.8 Å². The summed E-state index contributed by atoms with van der Waals surface area (Å²) in [7, 11) is 0. The van der Waals surface area contributed by atoms with E-state index in [0.717, 1.165) is 10.5 Å². The minimum atomic E-state index is -0.455. The zero-order chi connectivity index (χ0) is 18.0. The number of nitrogens with zero attached hydrogens (tertiary/aromatic N) is 1. The van der Waals surface area contributed by atoms with Gasteiger partial charge >= 0.3 is 5.97 Å². The third-order valence-electron chi connectivity index (χ3n) is 3.95. The fourth-order valence-corrected chi connectivity index (χ4v) is 2.84. The van der Waals surface area contributed by atoms with E-state index >= 15 is 0 Å². The molecule has 0 aromatic heterocycles. The number of imide groups is 1. The van der Waals surface area contributed by atoms with Crippen LogP contribution in [0.4, 0.5) is 0 Å². The molecule has 2 aromatic rings. The van der Waals surface area contributed by atoms with Gasteiger partial charge in [-0.2, -0.15) is 0 Å². The molecule has 1 heterocycles. The third kappa shape index (κ3) is 3.56. The summed E-state index contributed by atoms with van der Waals surface area (Å²) in [5.74, 6) is -0.789. The molecular formula is C19H16ClNO4. The monoisotopic (exact) mass is 357 g/mol. The average Bonchev–Trinajstić information content (AvgIpc) is 2.83. The van der Waals surface area contributed by atoms with Gasteiger partial charge in [-0.1, -0.05) is 29.8 Å². The normalized spacial score (nSPS) is 13.1. The summed E-state index contributed by atoms with van der Waals surface area (Å²) >= 11 is 5.99. The first-order valence-corrected chi connectivity index (χ1v) is 8.27. The van der Waals surface area contributed by atoms with Crippen LogP contribution < -0.4 is 4.74 Å². The van der Waals surface area contributed by atoms with Crippen molar-refractivity contribution >= 4 is 29.4 Å². The van der Waals surface area contributed by atoms with E-state index in [1.807, 2.05) is 13.0 Å². The summed E-state index contributed by atoms with van der Waals surface area (Å²) in [6.07, 6.45) is 0.408. The Morgan fingerprint density at radius 2 is 1.72 bits per heavy atom. The number of rotatable bonds is 5. The predicted octanol–water partition coefficient (Wildman–Crippen LogP) is 3.63. The molecule has 0 saturated carbocycles. The molecule has 0 spiro atoms. The largest absolute Gasteiger partial charge is 0.425 e. The Hall–Kier alpha value is -2.66. The maximum atomic E-state index is 12.2. The number of fused-ring (bicyclic) bond motifs is 1. The summed E-state index contributed by atoms with van der Waals surface area (Å²) in [4.78, 5) is 37.6. The predicted molar refractivity (Wildman–Crippen MR) is 92.9 cm³/mol. The number of aryl methyl sites for hydroxylation is 1. The van der Waals surface area contributed by atoms with Gasteiger partial charge in [0.15, 0.2) is 0 Å². The second-order valence-electron chi connectivity index (χ2n) is 5.82. The van der Waals surface area contributed by atoms with Crippen molar-refractivity contribution in [3.05, 3.63) is 64.2 Å². The van der Waals surface area contributed by atoms with Gasteiger partial charge < -0.3 is 4.74 Å². The van der Waals surface area contributed by atoms with Crippen LogP contribution in [-0.2, 0) is 4.79 Å². The summed E-state index contributed by atoms with van der Waals surface area (Å²) in [6, 6.07) is 11.9. The SMILES string of the molecule is Cc1ccc(Cl)c(OC(=O)CCCN2C(=O)c3ccccc3C2=O)c1. The van der Waals surface area contributed by atoms with Crippen LogP contribution in [0.1, 0.15) is 39.1 Å². The van der Waals surface area contributed by atoms with Gasteiger partial charge in [-0.15, -0.1) is 0 Å². The van der Waals surface area contributed by atoms with Crippen molar-refractivity contribution in [2.24, 2.45) is 0 Å². The lowest BCUT2D eigenvalue weighted by Crippen LogP contribution is -2.31. The van der Waals surface area contributed by atoms with Crippen molar-refractivity contribution in [3.8, 4) is 5.75 Å². The molecule has 0 N–H and O–H groups in total. The molecule has 0 aliphatic carbocycles. The van der Waals surface area contributed by atoms with Gasteiger partial charge in [-0.05, 0) is 43.2 Å². The molecule has 1 aliphatic heterocycles. The molecule has 2 aromatic carbocycles. The summed E-state index contributed by atoms with van der Waals surface area (Å²) in [6.45, 7) is 2.04. The Kier molecular flexibility index (Phi) is 4.86. The van der Waals surface area contributed by atoms with Gasteiger partial charge in [-0.25, -0.2) is 0 Å². The van der Waals surface area contributed by atoms with Crippen LogP contribution in [0, 0.1) is 6.92 Å². The topological polar surface area (TPSA) is 63.7 Å². The fourth-order valence-electron chi connectivity index (χ4n) is 2.69. The smallest absolute Gasteiger partial charge is 0.311 e. The molecular weight excluding hydrogens is 342 g/mol. The van der Waals surface area contributed by atoms with Gasteiger partial charge in [0.25, 0.3) is 11.8 Å². The maximum absolute atomic E-state index is 12.2.